The van der Waals surface area contributed by atoms with Gasteiger partial charge in [-0.3, -0.25) is 4.79 Å². The van der Waals surface area contributed by atoms with Gasteiger partial charge in [0.1, 0.15) is 0 Å². The van der Waals surface area contributed by atoms with E-state index < -0.39 is 0 Å². The number of hydrogen-bond donors (Lipinski definition) is 3. The number of carbonyl (C=O) groups is 1. The Bertz CT molecular complexity index is 594. The minimum absolute atomic E-state index is 0.00603. The number of carbonyl (C=O) groups excluding carboxylic acids is 1. The highest BCUT2D eigenvalue weighted by Crippen LogP contribution is 2.20. The van der Waals surface area contributed by atoms with Crippen molar-refractivity contribution in [2.24, 2.45) is 0 Å². The first-order chi connectivity index (χ1) is 9.60. The lowest BCUT2D eigenvalue weighted by Crippen LogP contribution is -2.18. The van der Waals surface area contributed by atoms with Gasteiger partial charge in [-0.05, 0) is 42.3 Å². The number of anilines is 2. The summed E-state index contributed by atoms with van der Waals surface area (Å²) in [5.74, 6) is -0.372. The number of aliphatic hydroxyl groups excluding tert-OH is 1. The normalized spacial score (nSPS) is 11.9. The highest BCUT2D eigenvalue weighted by Gasteiger charge is 2.15. The molecular formula is C16H18N2O2. The quantitative estimate of drug-likeness (QED) is 0.747. The zero-order chi connectivity index (χ0) is 14.5. The molecule has 0 aromatic heterocycles. The van der Waals surface area contributed by atoms with Crippen LogP contribution in [0.3, 0.4) is 0 Å². The third kappa shape index (κ3) is 3.36. The van der Waals surface area contributed by atoms with Crippen molar-refractivity contribution in [3.05, 3.63) is 59.7 Å². The van der Waals surface area contributed by atoms with Crippen LogP contribution in [0.5, 0.6) is 0 Å². The molecule has 2 aromatic carbocycles. The van der Waals surface area contributed by atoms with Crippen LogP contribution in [0.2, 0.25) is 0 Å². The van der Waals surface area contributed by atoms with Crippen molar-refractivity contribution >= 4 is 17.3 Å². The highest BCUT2D eigenvalue weighted by atomic mass is 16.3. The summed E-state index contributed by atoms with van der Waals surface area (Å²) >= 11 is 0. The third-order valence-corrected chi connectivity index (χ3v) is 3.21. The molecule has 1 atom stereocenters. The Balaban J connectivity index is 2.07. The number of nitrogen functional groups attached to an aromatic ring is 1. The SMILES string of the molecule is CC(C(=O)Nc1ccc(CO)cc1)c1cccc(N)c1. The van der Waals surface area contributed by atoms with Crippen molar-refractivity contribution < 1.29 is 9.90 Å². The van der Waals surface area contributed by atoms with E-state index in [-0.39, 0.29) is 18.4 Å². The van der Waals surface area contributed by atoms with Gasteiger partial charge in [0, 0.05) is 11.4 Å². The Morgan fingerprint density at radius 2 is 1.95 bits per heavy atom. The molecule has 0 spiro atoms. The minimum atomic E-state index is -0.281. The summed E-state index contributed by atoms with van der Waals surface area (Å²) in [7, 11) is 0. The van der Waals surface area contributed by atoms with Gasteiger partial charge in [-0.15, -0.1) is 0 Å². The molecule has 0 aliphatic heterocycles. The summed E-state index contributed by atoms with van der Waals surface area (Å²) in [4.78, 5) is 12.2. The van der Waals surface area contributed by atoms with Crippen LogP contribution in [-0.2, 0) is 11.4 Å². The van der Waals surface area contributed by atoms with Crippen LogP contribution in [0.1, 0.15) is 24.0 Å². The lowest BCUT2D eigenvalue weighted by Gasteiger charge is -2.13. The molecular weight excluding hydrogens is 252 g/mol. The molecule has 0 radical (unpaired) electrons. The molecule has 2 aromatic rings. The fourth-order valence-corrected chi connectivity index (χ4v) is 1.92. The molecule has 0 aliphatic rings. The molecule has 0 aliphatic carbocycles. The molecule has 0 fully saturated rings. The molecule has 0 saturated carbocycles. The average molecular weight is 270 g/mol. The molecule has 0 bridgehead atoms. The van der Waals surface area contributed by atoms with Gasteiger partial charge in [0.15, 0.2) is 0 Å². The molecule has 1 unspecified atom stereocenters. The first-order valence-corrected chi connectivity index (χ1v) is 6.46. The van der Waals surface area contributed by atoms with Gasteiger partial charge < -0.3 is 16.2 Å². The molecule has 4 heteroatoms. The van der Waals surface area contributed by atoms with E-state index in [1.807, 2.05) is 19.1 Å². The predicted octanol–water partition coefficient (Wildman–Crippen LogP) is 2.50. The van der Waals surface area contributed by atoms with E-state index in [9.17, 15) is 4.79 Å². The molecule has 0 heterocycles. The molecule has 4 N–H and O–H groups in total. The van der Waals surface area contributed by atoms with E-state index >= 15 is 0 Å². The van der Waals surface area contributed by atoms with Crippen LogP contribution in [0.15, 0.2) is 48.5 Å². The van der Waals surface area contributed by atoms with Crippen LogP contribution in [-0.4, -0.2) is 11.0 Å². The van der Waals surface area contributed by atoms with Gasteiger partial charge in [0.25, 0.3) is 0 Å². The second-order valence-corrected chi connectivity index (χ2v) is 4.74. The third-order valence-electron chi connectivity index (χ3n) is 3.21. The van der Waals surface area contributed by atoms with Crippen LogP contribution < -0.4 is 11.1 Å². The van der Waals surface area contributed by atoms with E-state index in [4.69, 9.17) is 10.8 Å². The summed E-state index contributed by atoms with van der Waals surface area (Å²) in [6.45, 7) is 1.83. The average Bonchev–Trinajstić information content (AvgIpc) is 2.47. The Labute approximate surface area is 118 Å². The van der Waals surface area contributed by atoms with E-state index in [1.165, 1.54) is 0 Å². The van der Waals surface area contributed by atoms with Crippen molar-refractivity contribution in [3.63, 3.8) is 0 Å². The van der Waals surface area contributed by atoms with Crippen molar-refractivity contribution in [3.8, 4) is 0 Å². The summed E-state index contributed by atoms with van der Waals surface area (Å²) in [6, 6.07) is 14.4. The number of aliphatic hydroxyl groups is 1. The maximum Gasteiger partial charge on any atom is 0.231 e. The number of nitrogens with two attached hydrogens (primary N) is 1. The van der Waals surface area contributed by atoms with Crippen molar-refractivity contribution in [1.82, 2.24) is 0 Å². The lowest BCUT2D eigenvalue weighted by molar-refractivity contribution is -0.117. The van der Waals surface area contributed by atoms with Crippen LogP contribution in [0.4, 0.5) is 11.4 Å². The first kappa shape index (κ1) is 14.1. The zero-order valence-corrected chi connectivity index (χ0v) is 11.3. The standard InChI is InChI=1S/C16H18N2O2/c1-11(13-3-2-4-14(17)9-13)16(20)18-15-7-5-12(10-19)6-8-15/h2-9,11,19H,10,17H2,1H3,(H,18,20). The van der Waals surface area contributed by atoms with E-state index in [1.54, 1.807) is 36.4 Å². The van der Waals surface area contributed by atoms with Gasteiger partial charge >= 0.3 is 0 Å². The fraction of sp³-hybridized carbons (Fsp3) is 0.188. The maximum absolute atomic E-state index is 12.2. The Kier molecular flexibility index (Phi) is 4.38. The predicted molar refractivity (Wildman–Crippen MR) is 80.3 cm³/mol. The van der Waals surface area contributed by atoms with E-state index in [2.05, 4.69) is 5.32 Å². The summed E-state index contributed by atoms with van der Waals surface area (Å²) in [5.41, 5.74) is 8.78. The zero-order valence-electron chi connectivity index (χ0n) is 11.3. The van der Waals surface area contributed by atoms with Gasteiger partial charge in [-0.2, -0.15) is 0 Å². The first-order valence-electron chi connectivity index (χ1n) is 6.46. The largest absolute Gasteiger partial charge is 0.399 e. The van der Waals surface area contributed by atoms with Gasteiger partial charge in [0.2, 0.25) is 5.91 Å². The number of benzene rings is 2. The number of nitrogens with one attached hydrogen (secondary N) is 1. The van der Waals surface area contributed by atoms with Gasteiger partial charge in [-0.25, -0.2) is 0 Å². The van der Waals surface area contributed by atoms with Crippen molar-refractivity contribution in [2.75, 3.05) is 11.1 Å². The molecule has 0 saturated heterocycles. The Morgan fingerprint density at radius 1 is 1.25 bits per heavy atom. The highest BCUT2D eigenvalue weighted by molar-refractivity contribution is 5.95. The second-order valence-electron chi connectivity index (χ2n) is 4.74. The Morgan fingerprint density at radius 3 is 2.55 bits per heavy atom. The molecule has 1 amide bonds. The van der Waals surface area contributed by atoms with E-state index in [0.29, 0.717) is 11.4 Å². The number of hydrogen-bond acceptors (Lipinski definition) is 3. The minimum Gasteiger partial charge on any atom is -0.399 e. The molecule has 4 nitrogen and oxygen atoms in total. The van der Waals surface area contributed by atoms with Crippen molar-refractivity contribution in [2.45, 2.75) is 19.4 Å². The molecule has 20 heavy (non-hydrogen) atoms. The van der Waals surface area contributed by atoms with Crippen LogP contribution in [0.25, 0.3) is 0 Å². The summed E-state index contributed by atoms with van der Waals surface area (Å²) in [6.07, 6.45) is 0. The monoisotopic (exact) mass is 270 g/mol. The summed E-state index contributed by atoms with van der Waals surface area (Å²) in [5, 5.41) is 11.8. The van der Waals surface area contributed by atoms with Gasteiger partial charge in [-0.1, -0.05) is 24.3 Å². The number of rotatable bonds is 4. The summed E-state index contributed by atoms with van der Waals surface area (Å²) < 4.78 is 0. The van der Waals surface area contributed by atoms with Crippen molar-refractivity contribution in [1.29, 1.82) is 0 Å². The van der Waals surface area contributed by atoms with Gasteiger partial charge in [0.05, 0.1) is 12.5 Å². The Hall–Kier alpha value is -2.33. The molecule has 2 rings (SSSR count). The van der Waals surface area contributed by atoms with Crippen LogP contribution >= 0.6 is 0 Å². The number of amides is 1. The lowest BCUT2D eigenvalue weighted by atomic mass is 10.00. The molecule has 104 valence electrons. The second kappa shape index (κ2) is 6.21. The smallest absolute Gasteiger partial charge is 0.231 e. The van der Waals surface area contributed by atoms with E-state index in [0.717, 1.165) is 11.1 Å². The fourth-order valence-electron chi connectivity index (χ4n) is 1.92. The maximum atomic E-state index is 12.2. The van der Waals surface area contributed by atoms with Crippen LogP contribution in [0, 0.1) is 0 Å². The topological polar surface area (TPSA) is 75.3 Å².